The van der Waals surface area contributed by atoms with Crippen LogP contribution < -0.4 is 10.1 Å². The Morgan fingerprint density at radius 2 is 1.97 bits per heavy atom. The van der Waals surface area contributed by atoms with Gasteiger partial charge < -0.3 is 15.2 Å². The number of aliphatic hydroxyl groups is 1. The van der Waals surface area contributed by atoms with Crippen molar-refractivity contribution in [2.45, 2.75) is 44.6 Å². The first-order valence-electron chi connectivity index (χ1n) is 10.7. The quantitative estimate of drug-likeness (QED) is 0.732. The van der Waals surface area contributed by atoms with Crippen LogP contribution in [-0.2, 0) is 0 Å². The van der Waals surface area contributed by atoms with Crippen molar-refractivity contribution < 1.29 is 14.6 Å². The molecule has 2 aliphatic rings. The summed E-state index contributed by atoms with van der Waals surface area (Å²) in [6.45, 7) is 1.09. The molecule has 6 heteroatoms. The zero-order valence-corrected chi connectivity index (χ0v) is 17.0. The van der Waals surface area contributed by atoms with E-state index < -0.39 is 0 Å². The molecule has 1 heterocycles. The highest BCUT2D eigenvalue weighted by molar-refractivity contribution is 5.95. The van der Waals surface area contributed by atoms with Crippen LogP contribution in [0, 0.1) is 23.2 Å². The number of amides is 1. The zero-order valence-electron chi connectivity index (χ0n) is 17.0. The fraction of sp³-hybridized carbons (Fsp3) is 0.458. The lowest BCUT2D eigenvalue weighted by Gasteiger charge is -2.27. The maximum absolute atomic E-state index is 12.7. The lowest BCUT2D eigenvalue weighted by atomic mass is 9.86. The number of nitrogens with zero attached hydrogens (tertiary/aromatic N) is 2. The minimum atomic E-state index is -0.343. The molecular formula is C24H27N3O3. The number of hydrogen-bond donors (Lipinski definition) is 2. The Bertz CT molecular complexity index is 932. The highest BCUT2D eigenvalue weighted by Gasteiger charge is 2.25. The Morgan fingerprint density at radius 3 is 2.67 bits per heavy atom. The summed E-state index contributed by atoms with van der Waals surface area (Å²) < 4.78 is 5.94. The van der Waals surface area contributed by atoms with Crippen LogP contribution in [0.3, 0.4) is 0 Å². The number of nitriles is 1. The highest BCUT2D eigenvalue weighted by Crippen LogP contribution is 2.33. The van der Waals surface area contributed by atoms with E-state index in [9.17, 15) is 9.90 Å². The van der Waals surface area contributed by atoms with E-state index in [1.165, 1.54) is 12.8 Å². The van der Waals surface area contributed by atoms with Gasteiger partial charge in [-0.15, -0.1) is 0 Å². The molecule has 0 saturated heterocycles. The fourth-order valence-electron chi connectivity index (χ4n) is 3.86. The van der Waals surface area contributed by atoms with E-state index in [1.54, 1.807) is 24.4 Å². The van der Waals surface area contributed by atoms with Gasteiger partial charge in [0.25, 0.3) is 5.91 Å². The number of benzene rings is 1. The third-order valence-corrected chi connectivity index (χ3v) is 5.98. The summed E-state index contributed by atoms with van der Waals surface area (Å²) in [5.74, 6) is 0.995. The second-order valence-corrected chi connectivity index (χ2v) is 8.34. The van der Waals surface area contributed by atoms with Gasteiger partial charge in [-0.05, 0) is 55.4 Å². The molecule has 1 aromatic heterocycles. The molecular weight excluding hydrogens is 378 g/mol. The van der Waals surface area contributed by atoms with Gasteiger partial charge in [0.05, 0.1) is 29.9 Å². The van der Waals surface area contributed by atoms with Crippen molar-refractivity contribution in [1.82, 2.24) is 10.3 Å². The SMILES string of the molecule is N#Cc1ccc(-c2cc(C(=O)NCC3CCCCC3O)cnc2OCC2CC2)cc1. The van der Waals surface area contributed by atoms with Crippen LogP contribution in [0.15, 0.2) is 36.5 Å². The average molecular weight is 405 g/mol. The summed E-state index contributed by atoms with van der Waals surface area (Å²) in [7, 11) is 0. The lowest BCUT2D eigenvalue weighted by Crippen LogP contribution is -2.36. The van der Waals surface area contributed by atoms with Crippen LogP contribution >= 0.6 is 0 Å². The molecule has 1 aromatic carbocycles. The molecule has 2 aromatic rings. The second kappa shape index (κ2) is 9.27. The maximum Gasteiger partial charge on any atom is 0.252 e. The molecule has 4 rings (SSSR count). The van der Waals surface area contributed by atoms with E-state index in [2.05, 4.69) is 16.4 Å². The smallest absolute Gasteiger partial charge is 0.252 e. The molecule has 0 aliphatic heterocycles. The summed E-state index contributed by atoms with van der Waals surface area (Å²) in [6, 6.07) is 11.1. The van der Waals surface area contributed by atoms with Crippen molar-refractivity contribution in [3.05, 3.63) is 47.7 Å². The van der Waals surface area contributed by atoms with Gasteiger partial charge >= 0.3 is 0 Å². The molecule has 156 valence electrons. The third kappa shape index (κ3) is 4.98. The first-order chi connectivity index (χ1) is 14.6. The molecule has 2 saturated carbocycles. The molecule has 30 heavy (non-hydrogen) atoms. The zero-order chi connectivity index (χ0) is 20.9. The van der Waals surface area contributed by atoms with Crippen LogP contribution in [0.5, 0.6) is 5.88 Å². The van der Waals surface area contributed by atoms with Crippen LogP contribution in [-0.4, -0.2) is 35.3 Å². The van der Waals surface area contributed by atoms with Gasteiger partial charge in [-0.25, -0.2) is 4.98 Å². The van der Waals surface area contributed by atoms with E-state index in [1.807, 2.05) is 12.1 Å². The summed E-state index contributed by atoms with van der Waals surface area (Å²) in [4.78, 5) is 17.2. The van der Waals surface area contributed by atoms with Crippen LogP contribution in [0.1, 0.15) is 54.4 Å². The fourth-order valence-corrected chi connectivity index (χ4v) is 3.86. The Morgan fingerprint density at radius 1 is 1.20 bits per heavy atom. The van der Waals surface area contributed by atoms with Gasteiger partial charge in [-0.2, -0.15) is 5.26 Å². The Hall–Kier alpha value is -2.91. The predicted octanol–water partition coefficient (Wildman–Crippen LogP) is 3.69. The molecule has 0 radical (unpaired) electrons. The van der Waals surface area contributed by atoms with Gasteiger partial charge in [-0.3, -0.25) is 4.79 Å². The molecule has 2 unspecified atom stereocenters. The molecule has 2 N–H and O–H groups in total. The van der Waals surface area contributed by atoms with E-state index >= 15 is 0 Å². The molecule has 2 aliphatic carbocycles. The number of aromatic nitrogens is 1. The molecule has 1 amide bonds. The summed E-state index contributed by atoms with van der Waals surface area (Å²) >= 11 is 0. The number of pyridine rings is 1. The van der Waals surface area contributed by atoms with Crippen molar-refractivity contribution >= 4 is 5.91 Å². The predicted molar refractivity (Wildman–Crippen MR) is 113 cm³/mol. The summed E-state index contributed by atoms with van der Waals surface area (Å²) in [6.07, 6.45) is 7.44. The average Bonchev–Trinajstić information content (AvgIpc) is 3.61. The van der Waals surface area contributed by atoms with E-state index in [0.717, 1.165) is 36.8 Å². The second-order valence-electron chi connectivity index (χ2n) is 8.34. The standard InChI is InChI=1S/C24H27N3O3/c25-12-16-7-9-18(10-8-16)21-11-20(14-27-24(21)30-15-17-5-6-17)23(29)26-13-19-3-1-2-4-22(19)28/h7-11,14,17,19,22,28H,1-6,13,15H2,(H,26,29). The van der Waals surface area contributed by atoms with Crippen molar-refractivity contribution in [2.75, 3.05) is 13.2 Å². The summed E-state index contributed by atoms with van der Waals surface area (Å²) in [5, 5.41) is 22.1. The summed E-state index contributed by atoms with van der Waals surface area (Å²) in [5.41, 5.74) is 2.63. The number of carbonyl (C=O) groups is 1. The van der Waals surface area contributed by atoms with Crippen LogP contribution in [0.25, 0.3) is 11.1 Å². The number of aliphatic hydroxyl groups excluding tert-OH is 1. The molecule has 2 fully saturated rings. The van der Waals surface area contributed by atoms with Crippen molar-refractivity contribution in [1.29, 1.82) is 5.26 Å². The molecule has 6 nitrogen and oxygen atoms in total. The highest BCUT2D eigenvalue weighted by atomic mass is 16.5. The number of ether oxygens (including phenoxy) is 1. The van der Waals surface area contributed by atoms with Gasteiger partial charge in [0.2, 0.25) is 5.88 Å². The van der Waals surface area contributed by atoms with E-state index in [4.69, 9.17) is 10.00 Å². The minimum Gasteiger partial charge on any atom is -0.477 e. The van der Waals surface area contributed by atoms with Crippen molar-refractivity contribution in [3.8, 4) is 23.1 Å². The maximum atomic E-state index is 12.7. The van der Waals surface area contributed by atoms with Crippen LogP contribution in [0.2, 0.25) is 0 Å². The molecule has 0 bridgehead atoms. The van der Waals surface area contributed by atoms with Gasteiger partial charge in [-0.1, -0.05) is 25.0 Å². The van der Waals surface area contributed by atoms with Crippen LogP contribution in [0.4, 0.5) is 0 Å². The first kappa shape index (κ1) is 20.4. The Labute approximate surface area is 176 Å². The van der Waals surface area contributed by atoms with Crippen molar-refractivity contribution in [3.63, 3.8) is 0 Å². The molecule has 2 atom stereocenters. The Balaban J connectivity index is 1.52. The van der Waals surface area contributed by atoms with Gasteiger partial charge in [0.1, 0.15) is 0 Å². The lowest BCUT2D eigenvalue weighted by molar-refractivity contribution is 0.0663. The number of hydrogen-bond acceptors (Lipinski definition) is 5. The monoisotopic (exact) mass is 405 g/mol. The molecule has 0 spiro atoms. The topological polar surface area (TPSA) is 95.2 Å². The minimum absolute atomic E-state index is 0.106. The number of rotatable bonds is 7. The van der Waals surface area contributed by atoms with E-state index in [-0.39, 0.29) is 17.9 Å². The first-order valence-corrected chi connectivity index (χ1v) is 10.7. The van der Waals surface area contributed by atoms with Gasteiger partial charge in [0.15, 0.2) is 0 Å². The van der Waals surface area contributed by atoms with E-state index in [0.29, 0.717) is 36.1 Å². The number of carbonyl (C=O) groups excluding carboxylic acids is 1. The third-order valence-electron chi connectivity index (χ3n) is 5.98. The normalized spacial score (nSPS) is 20.9. The largest absolute Gasteiger partial charge is 0.477 e. The van der Waals surface area contributed by atoms with Gasteiger partial charge in [0, 0.05) is 24.2 Å². The van der Waals surface area contributed by atoms with Crippen molar-refractivity contribution in [2.24, 2.45) is 11.8 Å². The number of nitrogens with one attached hydrogen (secondary N) is 1. The Kier molecular flexibility index (Phi) is 6.29.